The van der Waals surface area contributed by atoms with E-state index in [4.69, 9.17) is 10.00 Å². The van der Waals surface area contributed by atoms with E-state index in [1.165, 1.54) is 17.4 Å². The van der Waals surface area contributed by atoms with Crippen LogP contribution in [0, 0.1) is 22.7 Å². The summed E-state index contributed by atoms with van der Waals surface area (Å²) in [7, 11) is 0. The third kappa shape index (κ3) is 8.05. The van der Waals surface area contributed by atoms with E-state index in [9.17, 15) is 20.0 Å². The SMILES string of the molecule is N#C/C(=C\c1ccc(-c2ccc(-c3ccc(N(c4ccccc4)c4ccc(-c5ccc(-c6ccc(CC(C#N)OC=O)s6)s5)cc4)cc3)s2)s1)C(=O)O. The van der Waals surface area contributed by atoms with E-state index in [0.717, 1.165) is 67.2 Å². The Hall–Kier alpha value is -6.08. The summed E-state index contributed by atoms with van der Waals surface area (Å²) in [5.74, 6) is -1.23. The van der Waals surface area contributed by atoms with Gasteiger partial charge in [0.15, 0.2) is 6.10 Å². The number of para-hydroxylation sites is 1. The van der Waals surface area contributed by atoms with Crippen molar-refractivity contribution >= 4 is 80.9 Å². The molecule has 0 bridgehead atoms. The number of rotatable bonds is 13. The van der Waals surface area contributed by atoms with E-state index in [-0.39, 0.29) is 5.57 Å². The number of anilines is 3. The Kier molecular flexibility index (Phi) is 10.7. The molecular formula is C42H27N3O4S4. The van der Waals surface area contributed by atoms with Crippen molar-refractivity contribution in [2.45, 2.75) is 12.5 Å². The Morgan fingerprint density at radius 3 is 1.72 bits per heavy atom. The standard InChI is InChI=1S/C42H27N3O4S4/c43-24-29(42(47)48)22-34-14-16-38(50-34)40-20-18-36(52-40)27-6-10-31(11-7-27)45(30-4-2-1-3-5-30)32-12-8-28(9-13-32)37-19-21-41(53-37)39-17-15-35(51-39)23-33(25-44)49-26-46/h1-22,26,33H,23H2,(H,47,48)/b29-22+. The molecule has 1 N–H and O–H groups in total. The highest BCUT2D eigenvalue weighted by Crippen LogP contribution is 2.42. The number of carbonyl (C=O) groups is 2. The summed E-state index contributed by atoms with van der Waals surface area (Å²) < 4.78 is 4.85. The smallest absolute Gasteiger partial charge is 0.346 e. The van der Waals surface area contributed by atoms with Crippen LogP contribution < -0.4 is 4.90 Å². The zero-order chi connectivity index (χ0) is 36.7. The number of carbonyl (C=O) groups excluding carboxylic acids is 1. The molecule has 7 aromatic rings. The van der Waals surface area contributed by atoms with Gasteiger partial charge in [-0.1, -0.05) is 42.5 Å². The molecule has 0 saturated heterocycles. The van der Waals surface area contributed by atoms with E-state index in [2.05, 4.69) is 89.8 Å². The van der Waals surface area contributed by atoms with Crippen LogP contribution in [0.1, 0.15) is 9.75 Å². The highest BCUT2D eigenvalue weighted by molar-refractivity contribution is 7.24. The lowest BCUT2D eigenvalue weighted by molar-refractivity contribution is -0.132. The second kappa shape index (κ2) is 16.1. The van der Waals surface area contributed by atoms with Gasteiger partial charge in [0.1, 0.15) is 17.7 Å². The first kappa shape index (κ1) is 35.3. The summed E-state index contributed by atoms with van der Waals surface area (Å²) in [4.78, 5) is 32.5. The van der Waals surface area contributed by atoms with Crippen molar-refractivity contribution in [2.24, 2.45) is 0 Å². The molecule has 3 aromatic carbocycles. The van der Waals surface area contributed by atoms with Crippen molar-refractivity contribution in [2.75, 3.05) is 4.90 Å². The van der Waals surface area contributed by atoms with Gasteiger partial charge < -0.3 is 14.7 Å². The zero-order valence-corrected chi connectivity index (χ0v) is 31.0. The van der Waals surface area contributed by atoms with Crippen LogP contribution in [0.25, 0.3) is 46.5 Å². The van der Waals surface area contributed by atoms with Crippen LogP contribution in [0.4, 0.5) is 17.1 Å². The lowest BCUT2D eigenvalue weighted by Crippen LogP contribution is -2.11. The number of benzene rings is 3. The second-order valence-corrected chi connectivity index (χ2v) is 16.0. The third-order valence-corrected chi connectivity index (χ3v) is 13.0. The quantitative estimate of drug-likeness (QED) is 0.0706. The largest absolute Gasteiger partial charge is 0.477 e. The van der Waals surface area contributed by atoms with Crippen LogP contribution in [0.5, 0.6) is 0 Å². The van der Waals surface area contributed by atoms with Gasteiger partial charge in [-0.05, 0) is 102 Å². The molecule has 11 heteroatoms. The Morgan fingerprint density at radius 1 is 0.660 bits per heavy atom. The topological polar surface area (TPSA) is 114 Å². The summed E-state index contributed by atoms with van der Waals surface area (Å²) in [5.41, 5.74) is 5.01. The minimum absolute atomic E-state index is 0.287. The molecule has 0 aliphatic heterocycles. The van der Waals surface area contributed by atoms with E-state index >= 15 is 0 Å². The Bertz CT molecular complexity index is 2500. The summed E-state index contributed by atoms with van der Waals surface area (Å²) >= 11 is 6.43. The molecule has 4 aromatic heterocycles. The van der Waals surface area contributed by atoms with Crippen LogP contribution in [0.2, 0.25) is 0 Å². The fourth-order valence-electron chi connectivity index (χ4n) is 5.67. The molecule has 0 amide bonds. The Morgan fingerprint density at radius 2 is 1.17 bits per heavy atom. The van der Waals surface area contributed by atoms with E-state index < -0.39 is 12.1 Å². The van der Waals surface area contributed by atoms with Crippen LogP contribution in [0.15, 0.2) is 133 Å². The van der Waals surface area contributed by atoms with Gasteiger partial charge in [0, 0.05) is 62.5 Å². The maximum atomic E-state index is 11.2. The molecular weight excluding hydrogens is 739 g/mol. The molecule has 0 fully saturated rings. The molecule has 1 atom stereocenters. The second-order valence-electron chi connectivity index (χ2n) is 11.6. The van der Waals surface area contributed by atoms with E-state index in [1.807, 2.05) is 48.5 Å². The molecule has 7 rings (SSSR count). The van der Waals surface area contributed by atoms with E-state index in [0.29, 0.717) is 12.9 Å². The summed E-state index contributed by atoms with van der Waals surface area (Å²) in [6.45, 7) is 0.321. The molecule has 4 heterocycles. The van der Waals surface area contributed by atoms with Gasteiger partial charge in [-0.3, -0.25) is 4.79 Å². The zero-order valence-electron chi connectivity index (χ0n) is 27.7. The van der Waals surface area contributed by atoms with E-state index in [1.54, 1.807) is 40.1 Å². The maximum Gasteiger partial charge on any atom is 0.346 e. The number of hydrogen-bond acceptors (Lipinski definition) is 10. The first-order valence-corrected chi connectivity index (χ1v) is 19.5. The average Bonchev–Trinajstić information content (AvgIpc) is 4.02. The average molecular weight is 766 g/mol. The van der Waals surface area contributed by atoms with Crippen molar-refractivity contribution < 1.29 is 19.4 Å². The van der Waals surface area contributed by atoms with Gasteiger partial charge in [-0.15, -0.1) is 45.3 Å². The predicted octanol–water partition coefficient (Wildman–Crippen LogP) is 11.7. The van der Waals surface area contributed by atoms with Crippen LogP contribution in [0.3, 0.4) is 0 Å². The number of carboxylic acids is 1. The Balaban J connectivity index is 1.09. The lowest BCUT2D eigenvalue weighted by Gasteiger charge is -2.25. The molecule has 7 nitrogen and oxygen atoms in total. The molecule has 0 aliphatic rings. The maximum absolute atomic E-state index is 11.2. The van der Waals surface area contributed by atoms with Gasteiger partial charge >= 0.3 is 5.97 Å². The predicted molar refractivity (Wildman–Crippen MR) is 216 cm³/mol. The third-order valence-electron chi connectivity index (χ3n) is 8.21. The van der Waals surface area contributed by atoms with Crippen molar-refractivity contribution in [3.63, 3.8) is 0 Å². The highest BCUT2D eigenvalue weighted by atomic mass is 32.1. The van der Waals surface area contributed by atoms with Gasteiger partial charge in [0.25, 0.3) is 6.47 Å². The number of ether oxygens (including phenoxy) is 1. The van der Waals surface area contributed by atoms with Crippen molar-refractivity contribution in [1.29, 1.82) is 10.5 Å². The highest BCUT2D eigenvalue weighted by Gasteiger charge is 2.16. The number of hydrogen-bond donors (Lipinski definition) is 1. The van der Waals surface area contributed by atoms with Gasteiger partial charge in [0.2, 0.25) is 0 Å². The number of nitrogens with zero attached hydrogens (tertiary/aromatic N) is 3. The van der Waals surface area contributed by atoms with Crippen LogP contribution in [-0.2, 0) is 20.7 Å². The monoisotopic (exact) mass is 765 g/mol. The van der Waals surface area contributed by atoms with Crippen LogP contribution in [-0.4, -0.2) is 23.7 Å². The first-order chi connectivity index (χ1) is 25.9. The summed E-state index contributed by atoms with van der Waals surface area (Å²) in [6, 6.07) is 47.3. The van der Waals surface area contributed by atoms with Crippen molar-refractivity contribution in [1.82, 2.24) is 0 Å². The fraction of sp³-hybridized carbons (Fsp3) is 0.0476. The summed E-state index contributed by atoms with van der Waals surface area (Å²) in [5, 5.41) is 27.5. The fourth-order valence-corrected chi connectivity index (χ4v) is 9.86. The number of carboxylic acid groups (broad SMARTS) is 1. The molecule has 0 aliphatic carbocycles. The molecule has 0 radical (unpaired) electrons. The van der Waals surface area contributed by atoms with Gasteiger partial charge in [-0.25, -0.2) is 4.79 Å². The minimum atomic E-state index is -1.23. The van der Waals surface area contributed by atoms with Crippen molar-refractivity contribution in [3.05, 3.63) is 143 Å². The molecule has 53 heavy (non-hydrogen) atoms. The minimum Gasteiger partial charge on any atom is -0.477 e. The Labute approximate surface area is 321 Å². The normalized spacial score (nSPS) is 11.7. The number of nitriles is 2. The van der Waals surface area contributed by atoms with Gasteiger partial charge in [0.05, 0.1) is 0 Å². The number of aliphatic carboxylic acids is 1. The molecule has 1 unspecified atom stereocenters. The van der Waals surface area contributed by atoms with Crippen LogP contribution >= 0.6 is 45.3 Å². The lowest BCUT2D eigenvalue weighted by atomic mass is 10.1. The van der Waals surface area contributed by atoms with Crippen molar-refractivity contribution in [3.8, 4) is 52.5 Å². The molecule has 258 valence electrons. The van der Waals surface area contributed by atoms with Gasteiger partial charge in [-0.2, -0.15) is 10.5 Å². The molecule has 0 spiro atoms. The number of thiophene rings is 4. The first-order valence-electron chi connectivity index (χ1n) is 16.2. The summed E-state index contributed by atoms with van der Waals surface area (Å²) in [6.07, 6.45) is 0.986. The molecule has 0 saturated carbocycles.